The molecule has 0 aliphatic heterocycles. The van der Waals surface area contributed by atoms with Crippen LogP contribution in [0.4, 0.5) is 10.1 Å². The van der Waals surface area contributed by atoms with Crippen molar-refractivity contribution in [1.82, 2.24) is 9.97 Å². The molecule has 124 valence electrons. The van der Waals surface area contributed by atoms with E-state index >= 15 is 0 Å². The molecular formula is C16H15FN4O3. The average Bonchev–Trinajstić information content (AvgIpc) is 2.52. The van der Waals surface area contributed by atoms with Gasteiger partial charge in [-0.1, -0.05) is 6.58 Å². The lowest BCUT2D eigenvalue weighted by Crippen LogP contribution is -2.13. The van der Waals surface area contributed by atoms with Crippen LogP contribution in [0.15, 0.2) is 66.0 Å². The molecule has 0 bridgehead atoms. The Hall–Kier alpha value is -3.55. The third-order valence-corrected chi connectivity index (χ3v) is 2.61. The molecule has 1 amide bonds. The van der Waals surface area contributed by atoms with Gasteiger partial charge in [0.05, 0.1) is 12.4 Å². The van der Waals surface area contributed by atoms with Gasteiger partial charge in [0, 0.05) is 25.3 Å². The van der Waals surface area contributed by atoms with E-state index in [1.54, 1.807) is 0 Å². The van der Waals surface area contributed by atoms with E-state index in [9.17, 15) is 9.18 Å². The normalized spacial score (nSPS) is 10.8. The van der Waals surface area contributed by atoms with Gasteiger partial charge >= 0.3 is 0 Å². The second-order valence-electron chi connectivity index (χ2n) is 4.49. The Morgan fingerprint density at radius 3 is 2.67 bits per heavy atom. The van der Waals surface area contributed by atoms with Gasteiger partial charge in [-0.15, -0.1) is 0 Å². The quantitative estimate of drug-likeness (QED) is 0.367. The molecule has 1 heterocycles. The summed E-state index contributed by atoms with van der Waals surface area (Å²) in [4.78, 5) is 23.0. The van der Waals surface area contributed by atoms with E-state index < -0.39 is 11.7 Å². The third kappa shape index (κ3) is 4.73. The average molecular weight is 330 g/mol. The minimum absolute atomic E-state index is 0. The summed E-state index contributed by atoms with van der Waals surface area (Å²) in [7, 11) is 0. The number of carbonyl (C=O) groups is 1. The standard InChI is InChI=1S/C16H13FN4O3.H2/c1-10(22)3-15(18-2)16(23)21-12-4-11(17)5-13(6-12)24-14-7-19-9-20-8-14;/h3-9,22H,1-2H2,(H,21,23);1H/b15-3-;. The summed E-state index contributed by atoms with van der Waals surface area (Å²) in [5.41, 5.74) is -0.0457. The van der Waals surface area contributed by atoms with E-state index in [-0.39, 0.29) is 24.3 Å². The van der Waals surface area contributed by atoms with E-state index in [1.807, 2.05) is 0 Å². The Labute approximate surface area is 138 Å². The molecule has 0 unspecified atom stereocenters. The first-order valence-corrected chi connectivity index (χ1v) is 6.59. The summed E-state index contributed by atoms with van der Waals surface area (Å²) in [6.45, 7) is 6.45. The van der Waals surface area contributed by atoms with E-state index in [2.05, 4.69) is 33.6 Å². The molecular weight excluding hydrogens is 315 g/mol. The van der Waals surface area contributed by atoms with Crippen LogP contribution in [0.3, 0.4) is 0 Å². The number of aliphatic hydroxyl groups is 1. The molecule has 0 aliphatic carbocycles. The summed E-state index contributed by atoms with van der Waals surface area (Å²) in [5, 5.41) is 11.5. The molecule has 0 saturated heterocycles. The first kappa shape index (κ1) is 16.8. The van der Waals surface area contributed by atoms with Gasteiger partial charge in [0.15, 0.2) is 5.75 Å². The molecule has 0 spiro atoms. The Morgan fingerprint density at radius 1 is 1.33 bits per heavy atom. The summed E-state index contributed by atoms with van der Waals surface area (Å²) in [6, 6.07) is 3.64. The number of anilines is 1. The van der Waals surface area contributed by atoms with Crippen molar-refractivity contribution < 1.29 is 20.5 Å². The predicted octanol–water partition coefficient (Wildman–Crippen LogP) is 3.25. The Balaban J connectivity index is 0.00000312. The molecule has 0 fully saturated rings. The molecule has 0 aliphatic rings. The Morgan fingerprint density at radius 2 is 2.04 bits per heavy atom. The number of rotatable bonds is 6. The molecule has 2 N–H and O–H groups in total. The molecule has 2 rings (SSSR count). The minimum Gasteiger partial charge on any atom is -0.509 e. The van der Waals surface area contributed by atoms with E-state index in [0.29, 0.717) is 5.75 Å². The second-order valence-corrected chi connectivity index (χ2v) is 4.49. The lowest BCUT2D eigenvalue weighted by Gasteiger charge is -2.09. The summed E-state index contributed by atoms with van der Waals surface area (Å²) >= 11 is 0. The monoisotopic (exact) mass is 330 g/mol. The smallest absolute Gasteiger partial charge is 0.274 e. The number of halogens is 1. The van der Waals surface area contributed by atoms with Gasteiger partial charge in [-0.05, 0) is 12.8 Å². The van der Waals surface area contributed by atoms with Crippen LogP contribution in [0.2, 0.25) is 0 Å². The van der Waals surface area contributed by atoms with Crippen LogP contribution in [-0.2, 0) is 4.79 Å². The molecule has 0 saturated carbocycles. The molecule has 2 aromatic rings. The number of allylic oxidation sites excluding steroid dienone is 1. The number of nitrogens with one attached hydrogen (secondary N) is 1. The summed E-state index contributed by atoms with van der Waals surface area (Å²) < 4.78 is 19.1. The van der Waals surface area contributed by atoms with E-state index in [1.165, 1.54) is 24.8 Å². The highest BCUT2D eigenvalue weighted by Gasteiger charge is 2.11. The van der Waals surface area contributed by atoms with Crippen molar-refractivity contribution in [2.45, 2.75) is 0 Å². The lowest BCUT2D eigenvalue weighted by molar-refractivity contribution is -0.112. The second kappa shape index (κ2) is 7.63. The van der Waals surface area contributed by atoms with Crippen LogP contribution >= 0.6 is 0 Å². The summed E-state index contributed by atoms with van der Waals surface area (Å²) in [6.07, 6.45) is 5.17. The Kier molecular flexibility index (Phi) is 5.35. The lowest BCUT2D eigenvalue weighted by atomic mass is 10.2. The molecule has 1 aromatic heterocycles. The number of aliphatic hydroxyl groups excluding tert-OH is 1. The van der Waals surface area contributed by atoms with Crippen molar-refractivity contribution in [2.24, 2.45) is 4.99 Å². The van der Waals surface area contributed by atoms with Crippen LogP contribution in [0.25, 0.3) is 0 Å². The number of benzene rings is 1. The molecule has 7 nitrogen and oxygen atoms in total. The zero-order valence-corrected chi connectivity index (χ0v) is 12.4. The van der Waals surface area contributed by atoms with Gasteiger partial charge in [-0.3, -0.25) is 9.79 Å². The van der Waals surface area contributed by atoms with Crippen molar-refractivity contribution in [2.75, 3.05) is 5.32 Å². The first-order valence-electron chi connectivity index (χ1n) is 6.59. The molecule has 0 atom stereocenters. The zero-order valence-electron chi connectivity index (χ0n) is 12.4. The van der Waals surface area contributed by atoms with Crippen molar-refractivity contribution in [3.05, 3.63) is 66.8 Å². The van der Waals surface area contributed by atoms with Crippen molar-refractivity contribution in [1.29, 1.82) is 0 Å². The highest BCUT2D eigenvalue weighted by molar-refractivity contribution is 6.04. The van der Waals surface area contributed by atoms with E-state index in [0.717, 1.165) is 18.2 Å². The van der Waals surface area contributed by atoms with Gasteiger partial charge in [0.1, 0.15) is 29.4 Å². The van der Waals surface area contributed by atoms with Crippen molar-refractivity contribution in [3.8, 4) is 11.5 Å². The van der Waals surface area contributed by atoms with Gasteiger partial charge in [0.2, 0.25) is 0 Å². The van der Waals surface area contributed by atoms with Crippen LogP contribution < -0.4 is 10.1 Å². The maximum Gasteiger partial charge on any atom is 0.274 e. The van der Waals surface area contributed by atoms with Gasteiger partial charge in [-0.2, -0.15) is 0 Å². The fourth-order valence-electron chi connectivity index (χ4n) is 1.70. The van der Waals surface area contributed by atoms with Gasteiger partial charge < -0.3 is 15.2 Å². The highest BCUT2D eigenvalue weighted by atomic mass is 19.1. The number of carbonyl (C=O) groups excluding carboxylic acids is 1. The third-order valence-electron chi connectivity index (χ3n) is 2.61. The number of hydrogen-bond acceptors (Lipinski definition) is 6. The molecule has 1 aromatic carbocycles. The topological polar surface area (TPSA) is 96.7 Å². The fraction of sp³-hybridized carbons (Fsp3) is 0. The Bertz CT molecular complexity index is 812. The molecule has 24 heavy (non-hydrogen) atoms. The van der Waals surface area contributed by atoms with Crippen LogP contribution in [0.5, 0.6) is 11.5 Å². The van der Waals surface area contributed by atoms with Crippen molar-refractivity contribution in [3.63, 3.8) is 0 Å². The van der Waals surface area contributed by atoms with Crippen LogP contribution in [0, 0.1) is 5.82 Å². The maximum absolute atomic E-state index is 13.7. The first-order chi connectivity index (χ1) is 11.5. The predicted molar refractivity (Wildman–Crippen MR) is 88.7 cm³/mol. The number of hydrogen-bond donors (Lipinski definition) is 2. The number of aliphatic imine (C=N–C) groups is 1. The number of amides is 1. The number of nitrogens with zero attached hydrogens (tertiary/aromatic N) is 3. The maximum atomic E-state index is 13.7. The number of ether oxygens (including phenoxy) is 1. The zero-order chi connectivity index (χ0) is 17.5. The SMILES string of the molecule is C=N/C(=C\C(=C)O)C(=O)Nc1cc(F)cc(Oc2cncnc2)c1.[HH]. The minimum atomic E-state index is -0.695. The van der Waals surface area contributed by atoms with Gasteiger partial charge in [-0.25, -0.2) is 14.4 Å². The molecule has 0 radical (unpaired) electrons. The van der Waals surface area contributed by atoms with Crippen LogP contribution in [0.1, 0.15) is 1.43 Å². The van der Waals surface area contributed by atoms with Crippen molar-refractivity contribution >= 4 is 18.3 Å². The molecule has 8 heteroatoms. The fourth-order valence-corrected chi connectivity index (χ4v) is 1.70. The van der Waals surface area contributed by atoms with Crippen LogP contribution in [-0.4, -0.2) is 27.7 Å². The summed E-state index contributed by atoms with van der Waals surface area (Å²) in [5.74, 6) is -1.22. The van der Waals surface area contributed by atoms with Gasteiger partial charge in [0.25, 0.3) is 5.91 Å². The van der Waals surface area contributed by atoms with E-state index in [4.69, 9.17) is 9.84 Å². The highest BCUT2D eigenvalue weighted by Crippen LogP contribution is 2.25. The largest absolute Gasteiger partial charge is 0.509 e. The number of aromatic nitrogens is 2.